The van der Waals surface area contributed by atoms with Crippen molar-refractivity contribution in [2.75, 3.05) is 11.9 Å². The van der Waals surface area contributed by atoms with Crippen LogP contribution in [0.2, 0.25) is 0 Å². The highest BCUT2D eigenvalue weighted by atomic mass is 79.9. The van der Waals surface area contributed by atoms with Gasteiger partial charge in [0.25, 0.3) is 5.91 Å². The fourth-order valence-corrected chi connectivity index (χ4v) is 2.49. The minimum atomic E-state index is -0.459. The van der Waals surface area contributed by atoms with Gasteiger partial charge in [-0.2, -0.15) is 0 Å². The number of nitrogens with two attached hydrogens (primary N) is 1. The quantitative estimate of drug-likeness (QED) is 0.338. The summed E-state index contributed by atoms with van der Waals surface area (Å²) in [5.74, 6) is -0.107. The number of hydrogen-bond donors (Lipinski definition) is 3. The Kier molecular flexibility index (Phi) is 4.61. The number of amides is 1. The van der Waals surface area contributed by atoms with Crippen molar-refractivity contribution in [3.05, 3.63) is 28.2 Å². The molecule has 2 rings (SSSR count). The number of rotatable bonds is 3. The largest absolute Gasteiger partial charge is 0.409 e. The van der Waals surface area contributed by atoms with Gasteiger partial charge in [-0.1, -0.05) is 28.0 Å². The molecule has 0 aromatic heterocycles. The normalized spacial score (nSPS) is 22.8. The van der Waals surface area contributed by atoms with E-state index in [2.05, 4.69) is 26.4 Å². The van der Waals surface area contributed by atoms with Gasteiger partial charge >= 0.3 is 0 Å². The number of halogens is 1. The second kappa shape index (κ2) is 6.23. The summed E-state index contributed by atoms with van der Waals surface area (Å²) in [6.45, 7) is 2.57. The Morgan fingerprint density at radius 1 is 1.60 bits per heavy atom. The molecule has 7 heteroatoms. The van der Waals surface area contributed by atoms with Crippen molar-refractivity contribution in [3.8, 4) is 0 Å². The van der Waals surface area contributed by atoms with Gasteiger partial charge in [-0.05, 0) is 30.5 Å². The van der Waals surface area contributed by atoms with Crippen molar-refractivity contribution in [2.24, 2.45) is 16.8 Å². The number of anilines is 1. The molecule has 0 radical (unpaired) electrons. The maximum atomic E-state index is 12.2. The second-order valence-corrected chi connectivity index (χ2v) is 5.64. The molecule has 1 aliphatic heterocycles. The van der Waals surface area contributed by atoms with E-state index >= 15 is 0 Å². The van der Waals surface area contributed by atoms with Crippen molar-refractivity contribution < 1.29 is 14.7 Å². The molecule has 2 unspecified atom stereocenters. The summed E-state index contributed by atoms with van der Waals surface area (Å²) in [6.07, 6.45) is 0.407. The van der Waals surface area contributed by atoms with Crippen LogP contribution in [0.5, 0.6) is 0 Å². The van der Waals surface area contributed by atoms with Gasteiger partial charge in [0.15, 0.2) is 5.84 Å². The zero-order chi connectivity index (χ0) is 14.7. The van der Waals surface area contributed by atoms with Crippen LogP contribution < -0.4 is 11.1 Å². The molecular weight excluding hydrogens is 326 g/mol. The SMILES string of the molecule is CC1CCOC1C(=O)Nc1ccc(Br)cc1/C(N)=N/O. The van der Waals surface area contributed by atoms with E-state index in [1.54, 1.807) is 18.2 Å². The van der Waals surface area contributed by atoms with E-state index in [1.807, 2.05) is 6.92 Å². The molecular formula is C13H16BrN3O3. The van der Waals surface area contributed by atoms with Gasteiger partial charge in [-0.3, -0.25) is 4.79 Å². The van der Waals surface area contributed by atoms with Crippen LogP contribution in [-0.4, -0.2) is 29.7 Å². The van der Waals surface area contributed by atoms with Crippen molar-refractivity contribution in [2.45, 2.75) is 19.4 Å². The number of carbonyl (C=O) groups is 1. The summed E-state index contributed by atoms with van der Waals surface area (Å²) in [5.41, 5.74) is 6.54. The Balaban J connectivity index is 2.23. The Morgan fingerprint density at radius 3 is 2.95 bits per heavy atom. The molecule has 2 atom stereocenters. The summed E-state index contributed by atoms with van der Waals surface area (Å²) in [6, 6.07) is 5.13. The molecule has 1 saturated heterocycles. The smallest absolute Gasteiger partial charge is 0.253 e. The fourth-order valence-electron chi connectivity index (χ4n) is 2.13. The third kappa shape index (κ3) is 3.10. The predicted molar refractivity (Wildman–Crippen MR) is 78.8 cm³/mol. The first-order valence-corrected chi connectivity index (χ1v) is 7.02. The van der Waals surface area contributed by atoms with Crippen molar-refractivity contribution >= 4 is 33.4 Å². The van der Waals surface area contributed by atoms with E-state index in [0.29, 0.717) is 17.9 Å². The number of carbonyl (C=O) groups excluding carboxylic acids is 1. The van der Waals surface area contributed by atoms with Gasteiger partial charge < -0.3 is 21.0 Å². The van der Waals surface area contributed by atoms with Crippen LogP contribution in [0.1, 0.15) is 18.9 Å². The molecule has 0 bridgehead atoms. The second-order valence-electron chi connectivity index (χ2n) is 4.72. The number of benzene rings is 1. The summed E-state index contributed by atoms with van der Waals surface area (Å²) in [5, 5.41) is 14.5. The van der Waals surface area contributed by atoms with Crippen LogP contribution >= 0.6 is 15.9 Å². The lowest BCUT2D eigenvalue weighted by molar-refractivity contribution is -0.126. The first-order chi connectivity index (χ1) is 9.52. The summed E-state index contributed by atoms with van der Waals surface area (Å²) >= 11 is 3.31. The lowest BCUT2D eigenvalue weighted by Crippen LogP contribution is -2.32. The van der Waals surface area contributed by atoms with E-state index in [-0.39, 0.29) is 17.7 Å². The van der Waals surface area contributed by atoms with Gasteiger partial charge in [-0.25, -0.2) is 0 Å². The maximum Gasteiger partial charge on any atom is 0.253 e. The summed E-state index contributed by atoms with van der Waals surface area (Å²) in [4.78, 5) is 12.2. The first-order valence-electron chi connectivity index (χ1n) is 6.23. The number of oxime groups is 1. The molecule has 0 saturated carbocycles. The molecule has 108 valence electrons. The number of hydrogen-bond acceptors (Lipinski definition) is 4. The van der Waals surface area contributed by atoms with Crippen molar-refractivity contribution in [1.29, 1.82) is 0 Å². The Bertz CT molecular complexity index is 548. The molecule has 0 spiro atoms. The minimum Gasteiger partial charge on any atom is -0.409 e. The predicted octanol–water partition coefficient (Wildman–Crippen LogP) is 1.91. The molecule has 1 amide bonds. The van der Waals surface area contributed by atoms with Crippen LogP contribution in [0.15, 0.2) is 27.8 Å². The number of nitrogens with zero attached hydrogens (tertiary/aromatic N) is 1. The lowest BCUT2D eigenvalue weighted by Gasteiger charge is -2.16. The van der Waals surface area contributed by atoms with Crippen LogP contribution in [0, 0.1) is 5.92 Å². The van der Waals surface area contributed by atoms with Crippen molar-refractivity contribution in [1.82, 2.24) is 0 Å². The minimum absolute atomic E-state index is 0.0676. The van der Waals surface area contributed by atoms with Crippen LogP contribution in [0.25, 0.3) is 0 Å². The van der Waals surface area contributed by atoms with Gasteiger partial charge in [-0.15, -0.1) is 0 Å². The average Bonchev–Trinajstić information content (AvgIpc) is 2.86. The molecule has 20 heavy (non-hydrogen) atoms. The Labute approximate surface area is 125 Å². The third-order valence-electron chi connectivity index (χ3n) is 3.27. The van der Waals surface area contributed by atoms with Crippen LogP contribution in [-0.2, 0) is 9.53 Å². The van der Waals surface area contributed by atoms with Crippen molar-refractivity contribution in [3.63, 3.8) is 0 Å². The van der Waals surface area contributed by atoms with E-state index in [0.717, 1.165) is 10.9 Å². The van der Waals surface area contributed by atoms with E-state index < -0.39 is 6.10 Å². The first kappa shape index (κ1) is 14.8. The number of nitrogens with one attached hydrogen (secondary N) is 1. The van der Waals surface area contributed by atoms with E-state index in [4.69, 9.17) is 15.7 Å². The zero-order valence-electron chi connectivity index (χ0n) is 11.0. The van der Waals surface area contributed by atoms with Crippen LogP contribution in [0.3, 0.4) is 0 Å². The van der Waals surface area contributed by atoms with E-state index in [9.17, 15) is 4.79 Å². The Hall–Kier alpha value is -1.60. The molecule has 1 fully saturated rings. The fraction of sp³-hybridized carbons (Fsp3) is 0.385. The van der Waals surface area contributed by atoms with Gasteiger partial charge in [0.1, 0.15) is 6.10 Å². The maximum absolute atomic E-state index is 12.2. The molecule has 1 heterocycles. The van der Waals surface area contributed by atoms with Gasteiger partial charge in [0.2, 0.25) is 0 Å². The lowest BCUT2D eigenvalue weighted by atomic mass is 10.0. The molecule has 4 N–H and O–H groups in total. The standard InChI is InChI=1S/C13H16BrN3O3/c1-7-4-5-20-11(7)13(18)16-10-3-2-8(14)6-9(10)12(15)17-19/h2-3,6-7,11,19H,4-5H2,1H3,(H2,15,17)(H,16,18). The average molecular weight is 342 g/mol. The summed E-state index contributed by atoms with van der Waals surface area (Å²) in [7, 11) is 0. The van der Waals surface area contributed by atoms with Gasteiger partial charge in [0.05, 0.1) is 5.69 Å². The molecule has 0 aliphatic carbocycles. The summed E-state index contributed by atoms with van der Waals surface area (Å²) < 4.78 is 6.18. The highest BCUT2D eigenvalue weighted by molar-refractivity contribution is 9.10. The van der Waals surface area contributed by atoms with Crippen LogP contribution in [0.4, 0.5) is 5.69 Å². The topological polar surface area (TPSA) is 96.9 Å². The molecule has 1 aromatic rings. The van der Waals surface area contributed by atoms with E-state index in [1.165, 1.54) is 0 Å². The monoisotopic (exact) mass is 341 g/mol. The molecule has 6 nitrogen and oxygen atoms in total. The Morgan fingerprint density at radius 2 is 2.35 bits per heavy atom. The number of amidine groups is 1. The number of ether oxygens (including phenoxy) is 1. The molecule has 1 aliphatic rings. The third-order valence-corrected chi connectivity index (χ3v) is 3.76. The molecule has 1 aromatic carbocycles. The highest BCUT2D eigenvalue weighted by Crippen LogP contribution is 2.24. The zero-order valence-corrected chi connectivity index (χ0v) is 12.6. The van der Waals surface area contributed by atoms with Gasteiger partial charge in [0, 0.05) is 16.6 Å². The highest BCUT2D eigenvalue weighted by Gasteiger charge is 2.31.